The third-order valence-corrected chi connectivity index (χ3v) is 1.98. The molecule has 0 bridgehead atoms. The van der Waals surface area contributed by atoms with Crippen LogP contribution in [0.2, 0.25) is 5.02 Å². The molecule has 0 saturated carbocycles. The fourth-order valence-electron chi connectivity index (χ4n) is 1.08. The molecule has 0 saturated heterocycles. The summed E-state index contributed by atoms with van der Waals surface area (Å²) in [4.78, 5) is 24.4. The van der Waals surface area contributed by atoms with Gasteiger partial charge in [-0.05, 0) is 22.9 Å². The predicted molar refractivity (Wildman–Crippen MR) is 56.2 cm³/mol. The molecule has 0 atom stereocenters. The van der Waals surface area contributed by atoms with Crippen LogP contribution in [0, 0.1) is 10.1 Å². The predicted octanol–water partition coefficient (Wildman–Crippen LogP) is 1.75. The molecule has 6 nitrogen and oxygen atoms in total. The van der Waals surface area contributed by atoms with E-state index in [0.29, 0.717) is 5.56 Å². The number of halogens is 1. The molecule has 1 rings (SSSR count). The van der Waals surface area contributed by atoms with Crippen LogP contribution >= 0.6 is 11.6 Å². The summed E-state index contributed by atoms with van der Waals surface area (Å²) in [7, 11) is 0. The van der Waals surface area contributed by atoms with E-state index in [4.69, 9.17) is 16.3 Å². The average Bonchev–Trinajstić information content (AvgIpc) is 2.17. The maximum Gasteiger partial charge on any atom is 0.382 e. The second kappa shape index (κ2) is 5.41. The van der Waals surface area contributed by atoms with Crippen molar-refractivity contribution >= 4 is 23.4 Å². The van der Waals surface area contributed by atoms with Crippen molar-refractivity contribution in [2.75, 3.05) is 6.61 Å². The number of hydrogen-bond acceptors (Lipinski definition) is 5. The third kappa shape index (κ3) is 3.16. The summed E-state index contributed by atoms with van der Waals surface area (Å²) in [5.41, 5.74) is 0.481. The van der Waals surface area contributed by atoms with Crippen molar-refractivity contribution in [1.82, 2.24) is 4.98 Å². The van der Waals surface area contributed by atoms with Gasteiger partial charge in [0.25, 0.3) is 0 Å². The minimum atomic E-state index is -0.684. The van der Waals surface area contributed by atoms with E-state index >= 15 is 0 Å². The van der Waals surface area contributed by atoms with Crippen LogP contribution in [0.25, 0.3) is 0 Å². The van der Waals surface area contributed by atoms with Crippen LogP contribution in [0.1, 0.15) is 12.5 Å². The van der Waals surface area contributed by atoms with E-state index in [9.17, 15) is 14.9 Å². The molecule has 0 radical (unpaired) electrons. The molecule has 0 fully saturated rings. The number of nitrogens with zero attached hydrogens (tertiary/aromatic N) is 2. The Bertz CT molecular complexity index is 422. The number of rotatable bonds is 4. The van der Waals surface area contributed by atoms with Crippen molar-refractivity contribution < 1.29 is 14.5 Å². The summed E-state index contributed by atoms with van der Waals surface area (Å²) in [5, 5.41) is 10.3. The number of nitro groups is 1. The number of carbonyl (C=O) groups excluding carboxylic acids is 1. The lowest BCUT2D eigenvalue weighted by atomic mass is 10.2. The highest BCUT2D eigenvalue weighted by Crippen LogP contribution is 2.22. The van der Waals surface area contributed by atoms with E-state index in [0.717, 1.165) is 0 Å². The van der Waals surface area contributed by atoms with Crippen molar-refractivity contribution in [3.8, 4) is 0 Å². The first-order valence-electron chi connectivity index (χ1n) is 4.49. The molecule has 0 unspecified atom stereocenters. The molecule has 7 heteroatoms. The van der Waals surface area contributed by atoms with E-state index in [-0.39, 0.29) is 18.1 Å². The minimum absolute atomic E-state index is 0.00143. The van der Waals surface area contributed by atoms with Gasteiger partial charge in [0.1, 0.15) is 11.2 Å². The van der Waals surface area contributed by atoms with Gasteiger partial charge in [-0.15, -0.1) is 0 Å². The number of aromatic nitrogens is 1. The van der Waals surface area contributed by atoms with Crippen LogP contribution in [0.5, 0.6) is 0 Å². The molecule has 0 aromatic carbocycles. The molecule has 0 aliphatic carbocycles. The largest absolute Gasteiger partial charge is 0.466 e. The van der Waals surface area contributed by atoms with Gasteiger partial charge in [0.05, 0.1) is 13.0 Å². The Morgan fingerprint density at radius 1 is 1.69 bits per heavy atom. The molecule has 1 aromatic rings. The van der Waals surface area contributed by atoms with Crippen LogP contribution < -0.4 is 0 Å². The summed E-state index contributed by atoms with van der Waals surface area (Å²) in [6.45, 7) is 1.98. The number of esters is 1. The minimum Gasteiger partial charge on any atom is -0.466 e. The van der Waals surface area contributed by atoms with Crippen molar-refractivity contribution in [1.29, 1.82) is 0 Å². The lowest BCUT2D eigenvalue weighted by Crippen LogP contribution is -2.08. The Morgan fingerprint density at radius 3 is 2.88 bits per heavy atom. The Labute approximate surface area is 96.3 Å². The van der Waals surface area contributed by atoms with Crippen molar-refractivity contribution in [3.05, 3.63) is 33.0 Å². The van der Waals surface area contributed by atoms with Crippen molar-refractivity contribution in [2.45, 2.75) is 13.3 Å². The summed E-state index contributed by atoms with van der Waals surface area (Å²) >= 11 is 5.63. The molecule has 0 aliphatic rings. The number of ether oxygens (including phenoxy) is 1. The molecule has 16 heavy (non-hydrogen) atoms. The summed E-state index contributed by atoms with van der Waals surface area (Å²) < 4.78 is 4.72. The highest BCUT2D eigenvalue weighted by atomic mass is 35.5. The number of hydrogen-bond donors (Lipinski definition) is 0. The average molecular weight is 245 g/mol. The molecule has 1 heterocycles. The summed E-state index contributed by atoms with van der Waals surface area (Å²) in [6.07, 6.45) is 1.24. The zero-order valence-electron chi connectivity index (χ0n) is 8.47. The lowest BCUT2D eigenvalue weighted by Gasteiger charge is -2.01. The first-order valence-corrected chi connectivity index (χ1v) is 4.86. The Balaban J connectivity index is 2.81. The quantitative estimate of drug-likeness (QED) is 0.458. The molecule has 0 amide bonds. The van der Waals surface area contributed by atoms with E-state index in [2.05, 4.69) is 4.98 Å². The van der Waals surface area contributed by atoms with E-state index in [1.807, 2.05) is 0 Å². The highest BCUT2D eigenvalue weighted by Gasteiger charge is 2.15. The Hall–Kier alpha value is -1.69. The van der Waals surface area contributed by atoms with Gasteiger partial charge in [-0.1, -0.05) is 11.6 Å². The monoisotopic (exact) mass is 244 g/mol. The van der Waals surface area contributed by atoms with Crippen molar-refractivity contribution in [2.24, 2.45) is 0 Å². The van der Waals surface area contributed by atoms with Crippen LogP contribution in [0.3, 0.4) is 0 Å². The molecule has 0 spiro atoms. The maximum absolute atomic E-state index is 11.1. The van der Waals surface area contributed by atoms with Crippen LogP contribution in [-0.2, 0) is 16.0 Å². The number of carbonyl (C=O) groups is 1. The Morgan fingerprint density at radius 2 is 2.38 bits per heavy atom. The van der Waals surface area contributed by atoms with E-state index in [1.165, 1.54) is 12.3 Å². The fraction of sp³-hybridized carbons (Fsp3) is 0.333. The van der Waals surface area contributed by atoms with Gasteiger partial charge in [0.2, 0.25) is 0 Å². The fourth-order valence-corrected chi connectivity index (χ4v) is 1.34. The summed E-state index contributed by atoms with van der Waals surface area (Å²) in [5.74, 6) is -0.844. The molecular formula is C9H9ClN2O4. The van der Waals surface area contributed by atoms with Crippen LogP contribution in [-0.4, -0.2) is 22.5 Å². The molecule has 0 N–H and O–H groups in total. The zero-order chi connectivity index (χ0) is 12.1. The maximum atomic E-state index is 11.1. The first kappa shape index (κ1) is 12.4. The van der Waals surface area contributed by atoms with Crippen LogP contribution in [0.15, 0.2) is 12.3 Å². The van der Waals surface area contributed by atoms with Crippen LogP contribution in [0.4, 0.5) is 5.82 Å². The zero-order valence-corrected chi connectivity index (χ0v) is 9.23. The molecule has 1 aromatic heterocycles. The van der Waals surface area contributed by atoms with E-state index < -0.39 is 16.7 Å². The lowest BCUT2D eigenvalue weighted by molar-refractivity contribution is -0.389. The first-order chi connectivity index (χ1) is 7.54. The van der Waals surface area contributed by atoms with Gasteiger partial charge in [-0.3, -0.25) is 4.79 Å². The second-order valence-corrected chi connectivity index (χ2v) is 3.30. The van der Waals surface area contributed by atoms with Gasteiger partial charge >= 0.3 is 11.8 Å². The second-order valence-electron chi connectivity index (χ2n) is 2.89. The Kier molecular flexibility index (Phi) is 4.19. The van der Waals surface area contributed by atoms with E-state index in [1.54, 1.807) is 6.92 Å². The van der Waals surface area contributed by atoms with Gasteiger partial charge < -0.3 is 14.9 Å². The van der Waals surface area contributed by atoms with Crippen molar-refractivity contribution in [3.63, 3.8) is 0 Å². The third-order valence-electron chi connectivity index (χ3n) is 1.71. The van der Waals surface area contributed by atoms with Gasteiger partial charge in [0.15, 0.2) is 0 Å². The number of pyridine rings is 1. The standard InChI is InChI=1S/C9H9ClN2O4/c1-2-16-8(13)4-6-3-7(10)9(11-5-6)12(14)15/h3,5H,2,4H2,1H3. The van der Waals surface area contributed by atoms with Gasteiger partial charge in [-0.25, -0.2) is 0 Å². The highest BCUT2D eigenvalue weighted by molar-refractivity contribution is 6.32. The smallest absolute Gasteiger partial charge is 0.382 e. The SMILES string of the molecule is CCOC(=O)Cc1cnc([N+](=O)[O-])c(Cl)c1. The topological polar surface area (TPSA) is 82.3 Å². The summed E-state index contributed by atoms with van der Waals surface area (Å²) in [6, 6.07) is 1.34. The molecule has 86 valence electrons. The van der Waals surface area contributed by atoms with Gasteiger partial charge in [-0.2, -0.15) is 0 Å². The molecule has 0 aliphatic heterocycles. The normalized spacial score (nSPS) is 9.88. The molecular weight excluding hydrogens is 236 g/mol. The van der Waals surface area contributed by atoms with Gasteiger partial charge in [0, 0.05) is 5.56 Å².